The summed E-state index contributed by atoms with van der Waals surface area (Å²) in [6, 6.07) is 23.3. The molecule has 5 aromatic rings. The quantitative estimate of drug-likeness (QED) is 0.234. The van der Waals surface area contributed by atoms with Gasteiger partial charge in [0.05, 0.1) is 0 Å². The minimum absolute atomic E-state index is 0.432. The van der Waals surface area contributed by atoms with Gasteiger partial charge in [-0.15, -0.1) is 0 Å². The van der Waals surface area contributed by atoms with Crippen molar-refractivity contribution in [3.05, 3.63) is 71.9 Å². The van der Waals surface area contributed by atoms with Gasteiger partial charge in [0.2, 0.25) is 0 Å². The van der Waals surface area contributed by atoms with Crippen molar-refractivity contribution in [2.24, 2.45) is 0 Å². The number of rotatable bonds is 0. The number of hydrogen-bond acceptors (Lipinski definition) is 1. The number of halogens is 1. The van der Waals surface area contributed by atoms with Crippen molar-refractivity contribution in [1.82, 2.24) is 0 Å². The summed E-state index contributed by atoms with van der Waals surface area (Å²) >= 11 is 6.01. The van der Waals surface area contributed by atoms with Crippen molar-refractivity contribution < 1.29 is 4.42 Å². The van der Waals surface area contributed by atoms with Crippen LogP contribution in [0.1, 0.15) is 0 Å². The third kappa shape index (κ3) is 1.60. The van der Waals surface area contributed by atoms with Crippen LogP contribution in [0.2, 0.25) is 5.22 Å². The lowest BCUT2D eigenvalue weighted by Crippen LogP contribution is -1.80. The Labute approximate surface area is 131 Å². The van der Waals surface area contributed by atoms with E-state index in [1.807, 2.05) is 6.07 Å². The second-order valence-electron chi connectivity index (χ2n) is 5.62. The molecule has 22 heavy (non-hydrogen) atoms. The van der Waals surface area contributed by atoms with Crippen LogP contribution in [-0.4, -0.2) is 0 Å². The smallest absolute Gasteiger partial charge is 0.194 e. The van der Waals surface area contributed by atoms with Crippen molar-refractivity contribution in [3.63, 3.8) is 0 Å². The molecule has 0 fully saturated rings. The van der Waals surface area contributed by atoms with E-state index in [1.165, 1.54) is 26.9 Å². The van der Waals surface area contributed by atoms with Gasteiger partial charge in [-0.2, -0.15) is 0 Å². The van der Waals surface area contributed by atoms with Crippen molar-refractivity contribution in [3.8, 4) is 0 Å². The van der Waals surface area contributed by atoms with Crippen molar-refractivity contribution in [2.45, 2.75) is 0 Å². The Hall–Kier alpha value is -2.51. The van der Waals surface area contributed by atoms with Crippen molar-refractivity contribution in [2.75, 3.05) is 0 Å². The average Bonchev–Trinajstić information content (AvgIpc) is 2.93. The van der Waals surface area contributed by atoms with E-state index in [-0.39, 0.29) is 0 Å². The molecule has 1 heterocycles. The van der Waals surface area contributed by atoms with Crippen LogP contribution in [-0.2, 0) is 0 Å². The van der Waals surface area contributed by atoms with Crippen LogP contribution in [0.5, 0.6) is 0 Å². The average molecular weight is 303 g/mol. The predicted molar refractivity (Wildman–Crippen MR) is 93.7 cm³/mol. The van der Waals surface area contributed by atoms with E-state index < -0.39 is 0 Å². The van der Waals surface area contributed by atoms with Gasteiger partial charge in [0.25, 0.3) is 0 Å². The van der Waals surface area contributed by atoms with Gasteiger partial charge in [0, 0.05) is 16.8 Å². The van der Waals surface area contributed by atoms with Crippen LogP contribution >= 0.6 is 11.6 Å². The minimum Gasteiger partial charge on any atom is -0.444 e. The monoisotopic (exact) mass is 302 g/mol. The van der Waals surface area contributed by atoms with E-state index in [9.17, 15) is 0 Å². The first-order valence-corrected chi connectivity index (χ1v) is 7.61. The minimum atomic E-state index is 0.432. The summed E-state index contributed by atoms with van der Waals surface area (Å²) in [7, 11) is 0. The first kappa shape index (κ1) is 12.1. The zero-order valence-corrected chi connectivity index (χ0v) is 12.4. The third-order valence-corrected chi connectivity index (χ3v) is 4.52. The molecular formula is C20H11ClO. The zero-order chi connectivity index (χ0) is 14.7. The number of furan rings is 1. The highest BCUT2D eigenvalue weighted by molar-refractivity contribution is 6.30. The maximum atomic E-state index is 6.01. The van der Waals surface area contributed by atoms with Crippen LogP contribution < -0.4 is 0 Å². The molecule has 104 valence electrons. The van der Waals surface area contributed by atoms with E-state index in [2.05, 4.69) is 60.7 Å². The van der Waals surface area contributed by atoms with E-state index in [0.29, 0.717) is 5.22 Å². The normalized spacial score (nSPS) is 11.9. The molecule has 1 nitrogen and oxygen atoms in total. The molecular weight excluding hydrogens is 292 g/mol. The first-order valence-electron chi connectivity index (χ1n) is 7.23. The van der Waals surface area contributed by atoms with Crippen molar-refractivity contribution >= 4 is 54.9 Å². The molecule has 0 radical (unpaired) electrons. The van der Waals surface area contributed by atoms with E-state index in [0.717, 1.165) is 16.4 Å². The van der Waals surface area contributed by atoms with Crippen molar-refractivity contribution in [1.29, 1.82) is 0 Å². The van der Waals surface area contributed by atoms with Gasteiger partial charge in [-0.3, -0.25) is 0 Å². The molecule has 0 aliphatic carbocycles. The molecule has 0 aliphatic heterocycles. The largest absolute Gasteiger partial charge is 0.444 e. The zero-order valence-electron chi connectivity index (χ0n) is 11.6. The summed E-state index contributed by atoms with van der Waals surface area (Å²) in [6.45, 7) is 0. The Morgan fingerprint density at radius 2 is 1.32 bits per heavy atom. The molecule has 5 rings (SSSR count). The lowest BCUT2D eigenvalue weighted by Gasteiger charge is -2.06. The molecule has 0 amide bonds. The third-order valence-electron chi connectivity index (χ3n) is 4.33. The molecule has 0 saturated carbocycles. The molecule has 1 aromatic heterocycles. The first-order chi connectivity index (χ1) is 10.8. The molecule has 0 spiro atoms. The fraction of sp³-hybridized carbons (Fsp3) is 0. The lowest BCUT2D eigenvalue weighted by atomic mass is 9.97. The van der Waals surface area contributed by atoms with Gasteiger partial charge in [-0.1, -0.05) is 42.5 Å². The summed E-state index contributed by atoms with van der Waals surface area (Å²) in [5.74, 6) is 0. The van der Waals surface area contributed by atoms with Crippen LogP contribution in [0.15, 0.2) is 71.1 Å². The summed E-state index contributed by atoms with van der Waals surface area (Å²) in [4.78, 5) is 0. The topological polar surface area (TPSA) is 13.1 Å². The lowest BCUT2D eigenvalue weighted by molar-refractivity contribution is 0.621. The van der Waals surface area contributed by atoms with Crippen LogP contribution in [0.3, 0.4) is 0 Å². The van der Waals surface area contributed by atoms with E-state index >= 15 is 0 Å². The Bertz CT molecular complexity index is 1180. The highest BCUT2D eigenvalue weighted by Crippen LogP contribution is 2.35. The molecule has 4 aromatic carbocycles. The Kier molecular flexibility index (Phi) is 2.33. The predicted octanol–water partition coefficient (Wildman–Crippen LogP) is 6.55. The highest BCUT2D eigenvalue weighted by atomic mass is 35.5. The Morgan fingerprint density at radius 3 is 2.18 bits per heavy atom. The van der Waals surface area contributed by atoms with Gasteiger partial charge >= 0.3 is 0 Å². The Balaban J connectivity index is 2.01. The van der Waals surface area contributed by atoms with Crippen LogP contribution in [0.25, 0.3) is 43.3 Å². The maximum absolute atomic E-state index is 6.01. The molecule has 0 unspecified atom stereocenters. The second-order valence-corrected chi connectivity index (χ2v) is 5.99. The number of hydrogen-bond donors (Lipinski definition) is 0. The molecule has 0 atom stereocenters. The van der Waals surface area contributed by atoms with E-state index in [1.54, 1.807) is 0 Å². The SMILES string of the molecule is Clc1cc2ccc3c4cc5ccccc5cc4ccc3c2o1. The van der Waals surface area contributed by atoms with Gasteiger partial charge in [-0.25, -0.2) is 0 Å². The standard InChI is InChI=1S/C20H11ClO/c21-19-11-15-6-7-16-17(20(15)22-19)8-5-14-9-12-3-1-2-4-13(12)10-18(14)16/h1-11H. The van der Waals surface area contributed by atoms with Gasteiger partial charge in [0.15, 0.2) is 5.22 Å². The summed E-state index contributed by atoms with van der Waals surface area (Å²) in [6.07, 6.45) is 0. The second kappa shape index (κ2) is 4.25. The fourth-order valence-electron chi connectivity index (χ4n) is 3.30. The molecule has 0 aliphatic rings. The summed E-state index contributed by atoms with van der Waals surface area (Å²) in [5, 5.41) is 8.76. The molecule has 0 bridgehead atoms. The Morgan fingerprint density at radius 1 is 0.591 bits per heavy atom. The number of fused-ring (bicyclic) bond motifs is 6. The summed E-state index contributed by atoms with van der Waals surface area (Å²) < 4.78 is 5.68. The van der Waals surface area contributed by atoms with Crippen LogP contribution in [0.4, 0.5) is 0 Å². The maximum Gasteiger partial charge on any atom is 0.194 e. The highest BCUT2D eigenvalue weighted by Gasteiger charge is 2.09. The van der Waals surface area contributed by atoms with Gasteiger partial charge < -0.3 is 4.42 Å². The van der Waals surface area contributed by atoms with Crippen LogP contribution in [0, 0.1) is 0 Å². The van der Waals surface area contributed by atoms with Gasteiger partial charge in [-0.05, 0) is 56.7 Å². The number of benzene rings is 4. The molecule has 0 saturated heterocycles. The van der Waals surface area contributed by atoms with Gasteiger partial charge in [0.1, 0.15) is 5.58 Å². The fourth-order valence-corrected chi connectivity index (χ4v) is 3.49. The molecule has 0 N–H and O–H groups in total. The molecule has 2 heteroatoms. The van der Waals surface area contributed by atoms with E-state index in [4.69, 9.17) is 16.0 Å². The summed E-state index contributed by atoms with van der Waals surface area (Å²) in [5.41, 5.74) is 0.859.